The van der Waals surface area contributed by atoms with Crippen molar-refractivity contribution in [3.05, 3.63) is 23.0 Å². The van der Waals surface area contributed by atoms with Gasteiger partial charge in [0.15, 0.2) is 0 Å². The SMILES string of the molecule is CCn1cc(Cl)cc1C(=O)NC(CCC(=O)OC)C(=O)O. The molecule has 1 aromatic heterocycles. The molecule has 0 aliphatic rings. The molecule has 1 unspecified atom stereocenters. The molecule has 2 N–H and O–H groups in total. The molecule has 0 aliphatic heterocycles. The van der Waals surface area contributed by atoms with Gasteiger partial charge in [-0.25, -0.2) is 4.79 Å². The second-order valence-corrected chi connectivity index (χ2v) is 4.75. The summed E-state index contributed by atoms with van der Waals surface area (Å²) >= 11 is 5.83. The minimum absolute atomic E-state index is 0.0473. The summed E-state index contributed by atoms with van der Waals surface area (Å²) in [6.45, 7) is 2.36. The molecule has 1 aromatic rings. The predicted molar refractivity (Wildman–Crippen MR) is 75.3 cm³/mol. The van der Waals surface area contributed by atoms with Gasteiger partial charge in [-0.15, -0.1) is 0 Å². The Morgan fingerprint density at radius 2 is 2.14 bits per heavy atom. The van der Waals surface area contributed by atoms with Crippen LogP contribution in [0.5, 0.6) is 0 Å². The minimum Gasteiger partial charge on any atom is -0.480 e. The second kappa shape index (κ2) is 7.68. The monoisotopic (exact) mass is 316 g/mol. The molecule has 116 valence electrons. The summed E-state index contributed by atoms with van der Waals surface area (Å²) in [5.41, 5.74) is 0.270. The van der Waals surface area contributed by atoms with E-state index in [0.29, 0.717) is 11.6 Å². The first-order valence-corrected chi connectivity index (χ1v) is 6.73. The Morgan fingerprint density at radius 3 is 2.67 bits per heavy atom. The summed E-state index contributed by atoms with van der Waals surface area (Å²) in [7, 11) is 1.22. The Labute approximate surface area is 126 Å². The van der Waals surface area contributed by atoms with Crippen LogP contribution >= 0.6 is 11.6 Å². The number of carbonyl (C=O) groups excluding carboxylic acids is 2. The number of aliphatic carboxylic acids is 1. The van der Waals surface area contributed by atoms with Crippen LogP contribution < -0.4 is 5.32 Å². The highest BCUT2D eigenvalue weighted by atomic mass is 35.5. The Bertz CT molecular complexity index is 541. The van der Waals surface area contributed by atoms with Gasteiger partial charge in [-0.1, -0.05) is 11.6 Å². The first kappa shape index (κ1) is 17.0. The fraction of sp³-hybridized carbons (Fsp3) is 0.462. The lowest BCUT2D eigenvalue weighted by molar-refractivity contribution is -0.142. The van der Waals surface area contributed by atoms with Gasteiger partial charge in [0.2, 0.25) is 0 Å². The number of amides is 1. The van der Waals surface area contributed by atoms with Crippen LogP contribution in [0.3, 0.4) is 0 Å². The van der Waals surface area contributed by atoms with Crippen LogP contribution in [-0.4, -0.2) is 40.7 Å². The predicted octanol–water partition coefficient (Wildman–Crippen LogP) is 1.30. The average Bonchev–Trinajstić information content (AvgIpc) is 2.83. The number of aryl methyl sites for hydroxylation is 1. The van der Waals surface area contributed by atoms with E-state index in [1.165, 1.54) is 13.2 Å². The highest BCUT2D eigenvalue weighted by molar-refractivity contribution is 6.31. The van der Waals surface area contributed by atoms with Crippen LogP contribution in [0.15, 0.2) is 12.3 Å². The van der Waals surface area contributed by atoms with Crippen molar-refractivity contribution >= 4 is 29.4 Å². The molecule has 0 fully saturated rings. The van der Waals surface area contributed by atoms with E-state index in [1.54, 1.807) is 10.8 Å². The number of carbonyl (C=O) groups is 3. The largest absolute Gasteiger partial charge is 0.480 e. The standard InChI is InChI=1S/C13H17ClN2O5/c1-3-16-7-8(14)6-10(16)12(18)15-9(13(19)20)4-5-11(17)21-2/h6-7,9H,3-5H2,1-2H3,(H,15,18)(H,19,20). The van der Waals surface area contributed by atoms with Crippen LogP contribution in [-0.2, 0) is 20.9 Å². The lowest BCUT2D eigenvalue weighted by atomic mass is 10.1. The number of esters is 1. The fourth-order valence-corrected chi connectivity index (χ4v) is 2.00. The number of carboxylic acid groups (broad SMARTS) is 1. The molecular weight excluding hydrogens is 300 g/mol. The molecule has 0 saturated heterocycles. The van der Waals surface area contributed by atoms with Crippen LogP contribution in [0.2, 0.25) is 5.02 Å². The summed E-state index contributed by atoms with van der Waals surface area (Å²) in [5.74, 6) is -2.30. The topological polar surface area (TPSA) is 97.6 Å². The summed E-state index contributed by atoms with van der Waals surface area (Å²) in [6.07, 6.45) is 1.44. The third kappa shape index (κ3) is 4.78. The van der Waals surface area contributed by atoms with Gasteiger partial charge in [0.25, 0.3) is 5.91 Å². The third-order valence-electron chi connectivity index (χ3n) is 2.90. The van der Waals surface area contributed by atoms with E-state index in [2.05, 4.69) is 10.1 Å². The van der Waals surface area contributed by atoms with Crippen molar-refractivity contribution in [1.29, 1.82) is 0 Å². The number of hydrogen-bond donors (Lipinski definition) is 2. The number of aromatic nitrogens is 1. The van der Waals surface area contributed by atoms with Gasteiger partial charge in [0, 0.05) is 19.2 Å². The second-order valence-electron chi connectivity index (χ2n) is 4.31. The summed E-state index contributed by atoms with van der Waals surface area (Å²) in [6, 6.07) is 0.287. The number of nitrogens with zero attached hydrogens (tertiary/aromatic N) is 1. The molecule has 1 amide bonds. The molecule has 0 spiro atoms. The van der Waals surface area contributed by atoms with E-state index < -0.39 is 23.9 Å². The first-order chi connectivity index (χ1) is 9.88. The molecule has 0 aliphatic carbocycles. The normalized spacial score (nSPS) is 11.8. The zero-order valence-corrected chi connectivity index (χ0v) is 12.5. The van der Waals surface area contributed by atoms with Crippen LogP contribution in [0.25, 0.3) is 0 Å². The van der Waals surface area contributed by atoms with Crippen molar-refractivity contribution < 1.29 is 24.2 Å². The third-order valence-corrected chi connectivity index (χ3v) is 3.11. The molecule has 0 aromatic carbocycles. The van der Waals surface area contributed by atoms with Gasteiger partial charge < -0.3 is 19.7 Å². The molecule has 8 heteroatoms. The number of halogens is 1. The number of nitrogens with one attached hydrogen (secondary N) is 1. The maximum absolute atomic E-state index is 12.1. The summed E-state index contributed by atoms with van der Waals surface area (Å²) in [5, 5.41) is 11.9. The van der Waals surface area contributed by atoms with Crippen LogP contribution in [0.4, 0.5) is 0 Å². The van der Waals surface area contributed by atoms with Crippen LogP contribution in [0.1, 0.15) is 30.3 Å². The zero-order valence-electron chi connectivity index (χ0n) is 11.8. The maximum Gasteiger partial charge on any atom is 0.326 e. The molecule has 21 heavy (non-hydrogen) atoms. The molecule has 7 nitrogen and oxygen atoms in total. The van der Waals surface area contributed by atoms with Gasteiger partial charge in [0.1, 0.15) is 11.7 Å². The van der Waals surface area contributed by atoms with E-state index in [4.69, 9.17) is 16.7 Å². The first-order valence-electron chi connectivity index (χ1n) is 6.35. The van der Waals surface area contributed by atoms with E-state index in [1.807, 2.05) is 6.92 Å². The van der Waals surface area contributed by atoms with Gasteiger partial charge in [0.05, 0.1) is 12.1 Å². The van der Waals surface area contributed by atoms with E-state index in [-0.39, 0.29) is 18.5 Å². The summed E-state index contributed by atoms with van der Waals surface area (Å²) in [4.78, 5) is 34.3. The number of rotatable bonds is 7. The number of hydrogen-bond acceptors (Lipinski definition) is 4. The van der Waals surface area contributed by atoms with Crippen molar-refractivity contribution in [2.75, 3.05) is 7.11 Å². The maximum atomic E-state index is 12.1. The Balaban J connectivity index is 2.76. The Morgan fingerprint density at radius 1 is 1.48 bits per heavy atom. The molecule has 0 radical (unpaired) electrons. The van der Waals surface area contributed by atoms with E-state index in [9.17, 15) is 14.4 Å². The summed E-state index contributed by atoms with van der Waals surface area (Å²) < 4.78 is 6.05. The van der Waals surface area contributed by atoms with Gasteiger partial charge >= 0.3 is 11.9 Å². The minimum atomic E-state index is -1.21. The van der Waals surface area contributed by atoms with Crippen molar-refractivity contribution in [2.45, 2.75) is 32.4 Å². The zero-order chi connectivity index (χ0) is 16.0. The molecule has 1 atom stereocenters. The fourth-order valence-electron chi connectivity index (χ4n) is 1.78. The lowest BCUT2D eigenvalue weighted by Crippen LogP contribution is -2.41. The van der Waals surface area contributed by atoms with Crippen molar-refractivity contribution in [3.63, 3.8) is 0 Å². The smallest absolute Gasteiger partial charge is 0.326 e. The molecule has 1 heterocycles. The number of methoxy groups -OCH3 is 1. The molecular formula is C13H17ClN2O5. The number of carboxylic acids is 1. The van der Waals surface area contributed by atoms with Gasteiger partial charge in [-0.05, 0) is 19.4 Å². The molecule has 0 saturated carbocycles. The average molecular weight is 317 g/mol. The highest BCUT2D eigenvalue weighted by Gasteiger charge is 2.23. The van der Waals surface area contributed by atoms with Crippen LogP contribution in [0, 0.1) is 0 Å². The van der Waals surface area contributed by atoms with Gasteiger partial charge in [-0.2, -0.15) is 0 Å². The van der Waals surface area contributed by atoms with Crippen molar-refractivity contribution in [1.82, 2.24) is 9.88 Å². The Hall–Kier alpha value is -2.02. The van der Waals surface area contributed by atoms with E-state index >= 15 is 0 Å². The molecule has 1 rings (SSSR count). The molecule has 0 bridgehead atoms. The Kier molecular flexibility index (Phi) is 6.23. The van der Waals surface area contributed by atoms with Gasteiger partial charge in [-0.3, -0.25) is 9.59 Å². The van der Waals surface area contributed by atoms with Crippen molar-refractivity contribution in [2.24, 2.45) is 0 Å². The quantitative estimate of drug-likeness (QED) is 0.739. The highest BCUT2D eigenvalue weighted by Crippen LogP contribution is 2.14. The van der Waals surface area contributed by atoms with Crippen molar-refractivity contribution in [3.8, 4) is 0 Å². The number of ether oxygens (including phenoxy) is 1. The van der Waals surface area contributed by atoms with E-state index in [0.717, 1.165) is 0 Å². The lowest BCUT2D eigenvalue weighted by Gasteiger charge is -2.14.